The minimum atomic E-state index is -0.766. The van der Waals surface area contributed by atoms with E-state index in [1.54, 1.807) is 72.8 Å². The first-order chi connectivity index (χ1) is 38.5. The van der Waals surface area contributed by atoms with Crippen molar-refractivity contribution in [2.45, 2.75) is 60.8 Å². The van der Waals surface area contributed by atoms with Crippen LogP contribution in [-0.2, 0) is 19.3 Å². The zero-order valence-electron chi connectivity index (χ0n) is 45.7. The molecule has 0 aliphatic carbocycles. The Balaban J connectivity index is 0.000000175. The highest BCUT2D eigenvalue weighted by atomic mass is 16.5. The standard InChI is InChI=1S/3C21H20O6/c3*1-11(2)4-9-14-15(22)10-16(23)17-18(24)19(25)20(27-21(14)17)12-5-7-13(26-3)8-6-12/h3*4-8,10,22-23,25H,9H2,1-3H3. The number of rotatable bonds is 12. The third-order valence-electron chi connectivity index (χ3n) is 12.8. The van der Waals surface area contributed by atoms with Gasteiger partial charge in [-0.15, -0.1) is 0 Å². The highest BCUT2D eigenvalue weighted by Crippen LogP contribution is 2.42. The molecule has 0 atom stereocenters. The van der Waals surface area contributed by atoms with Crippen LogP contribution in [0, 0.1) is 0 Å². The SMILES string of the molecule is COc1ccc(-c2oc3c(CC=C(C)C)c(O)cc(O)c3c(=O)c2O)cc1.COc1ccc(-c2oc3c(CC=C(C)C)c(O)cc(O)c3c(=O)c2O)cc1.COc1ccc(-c2oc3c(CC=C(C)C)c(O)cc(O)c3c(=O)c2O)cc1. The second-order valence-electron chi connectivity index (χ2n) is 19.3. The van der Waals surface area contributed by atoms with Crippen molar-refractivity contribution in [3.8, 4) is 103 Å². The third-order valence-corrected chi connectivity index (χ3v) is 12.8. The first-order valence-corrected chi connectivity index (χ1v) is 25.0. The molecule has 0 aliphatic rings. The lowest BCUT2D eigenvalue weighted by molar-refractivity contribution is 0.414. The largest absolute Gasteiger partial charge is 0.507 e. The summed E-state index contributed by atoms with van der Waals surface area (Å²) in [5.41, 5.74) is 3.34. The molecule has 0 saturated carbocycles. The second-order valence-corrected chi connectivity index (χ2v) is 19.3. The minimum absolute atomic E-state index is 0.0404. The molecule has 3 heterocycles. The van der Waals surface area contributed by atoms with Crippen LogP contribution >= 0.6 is 0 Å². The van der Waals surface area contributed by atoms with Crippen LogP contribution in [0.1, 0.15) is 58.2 Å². The quantitative estimate of drug-likeness (QED) is 0.0514. The molecule has 420 valence electrons. The zero-order chi connectivity index (χ0) is 59.1. The Hall–Kier alpha value is -10.2. The predicted molar refractivity (Wildman–Crippen MR) is 308 cm³/mol. The van der Waals surface area contributed by atoms with E-state index in [1.165, 1.54) is 21.3 Å². The average Bonchev–Trinajstić information content (AvgIpc) is 3.62. The lowest BCUT2D eigenvalue weighted by atomic mass is 10.0. The summed E-state index contributed by atoms with van der Waals surface area (Å²) in [6.45, 7) is 11.4. The summed E-state index contributed by atoms with van der Waals surface area (Å²) in [7, 11) is 4.59. The Bertz CT molecular complexity index is 3680. The molecule has 0 fully saturated rings. The maximum absolute atomic E-state index is 12.7. The summed E-state index contributed by atoms with van der Waals surface area (Å²) < 4.78 is 32.8. The van der Waals surface area contributed by atoms with Gasteiger partial charge in [0.25, 0.3) is 0 Å². The van der Waals surface area contributed by atoms with E-state index in [9.17, 15) is 60.3 Å². The van der Waals surface area contributed by atoms with Gasteiger partial charge in [0.1, 0.15) is 84.7 Å². The molecular weight excluding hydrogens is 1040 g/mol. The van der Waals surface area contributed by atoms with Gasteiger partial charge >= 0.3 is 0 Å². The molecule has 9 aromatic rings. The van der Waals surface area contributed by atoms with Crippen LogP contribution in [0.15, 0.2) is 154 Å². The first-order valence-electron chi connectivity index (χ1n) is 25.0. The number of fused-ring (bicyclic) bond motifs is 3. The molecule has 18 nitrogen and oxygen atoms in total. The van der Waals surface area contributed by atoms with Crippen molar-refractivity contribution in [3.05, 3.63) is 173 Å². The molecule has 0 saturated heterocycles. The monoisotopic (exact) mass is 1100 g/mol. The van der Waals surface area contributed by atoms with Crippen molar-refractivity contribution in [2.24, 2.45) is 0 Å². The Morgan fingerprint density at radius 2 is 0.593 bits per heavy atom. The maximum atomic E-state index is 12.7. The van der Waals surface area contributed by atoms with Crippen LogP contribution in [-0.4, -0.2) is 67.3 Å². The molecular formula is C63H60O18. The molecule has 18 heteroatoms. The first kappa shape index (κ1) is 58.5. The molecule has 0 aliphatic heterocycles. The maximum Gasteiger partial charge on any atom is 0.238 e. The zero-order valence-corrected chi connectivity index (χ0v) is 45.7. The van der Waals surface area contributed by atoms with Crippen LogP contribution in [0.4, 0.5) is 0 Å². The van der Waals surface area contributed by atoms with Crippen LogP contribution in [0.2, 0.25) is 0 Å². The molecule has 9 rings (SSSR count). The van der Waals surface area contributed by atoms with E-state index in [0.29, 0.717) is 69.9 Å². The topological polar surface area (TPSA) is 300 Å². The number of ether oxygens (including phenoxy) is 3. The van der Waals surface area contributed by atoms with Crippen molar-refractivity contribution >= 4 is 32.9 Å². The fourth-order valence-corrected chi connectivity index (χ4v) is 8.45. The molecule has 0 amide bonds. The predicted octanol–water partition coefficient (Wildman–Crippen LogP) is 12.3. The lowest BCUT2D eigenvalue weighted by Crippen LogP contribution is -2.05. The Morgan fingerprint density at radius 3 is 0.790 bits per heavy atom. The molecule has 3 aromatic heterocycles. The number of methoxy groups -OCH3 is 3. The number of allylic oxidation sites excluding steroid dienone is 6. The van der Waals surface area contributed by atoms with Crippen molar-refractivity contribution < 1.29 is 73.4 Å². The second kappa shape index (κ2) is 24.6. The van der Waals surface area contributed by atoms with Gasteiger partial charge < -0.3 is 73.4 Å². The number of hydrogen-bond acceptors (Lipinski definition) is 18. The summed E-state index contributed by atoms with van der Waals surface area (Å²) in [6, 6.07) is 23.1. The summed E-state index contributed by atoms with van der Waals surface area (Å²) in [5, 5.41) is 91.7. The average molecular weight is 1110 g/mol. The van der Waals surface area contributed by atoms with Gasteiger partial charge in [0.2, 0.25) is 33.5 Å². The van der Waals surface area contributed by atoms with E-state index < -0.39 is 50.8 Å². The highest BCUT2D eigenvalue weighted by Gasteiger charge is 2.26. The fourth-order valence-electron chi connectivity index (χ4n) is 8.45. The van der Waals surface area contributed by atoms with E-state index >= 15 is 0 Å². The number of benzene rings is 6. The van der Waals surface area contributed by atoms with Crippen molar-refractivity contribution in [3.63, 3.8) is 0 Å². The van der Waals surface area contributed by atoms with Gasteiger partial charge in [0.15, 0.2) is 17.3 Å². The van der Waals surface area contributed by atoms with Crippen LogP contribution < -0.4 is 30.5 Å². The molecule has 0 spiro atoms. The van der Waals surface area contributed by atoms with Gasteiger partial charge in [-0.3, -0.25) is 14.4 Å². The van der Waals surface area contributed by atoms with Crippen molar-refractivity contribution in [2.75, 3.05) is 21.3 Å². The normalized spacial score (nSPS) is 10.8. The Labute approximate surface area is 463 Å². The summed E-state index contributed by atoms with van der Waals surface area (Å²) in [4.78, 5) is 38.0. The molecule has 81 heavy (non-hydrogen) atoms. The number of phenols is 6. The Morgan fingerprint density at radius 1 is 0.370 bits per heavy atom. The van der Waals surface area contributed by atoms with Crippen molar-refractivity contribution in [1.29, 1.82) is 0 Å². The van der Waals surface area contributed by atoms with Gasteiger partial charge in [-0.1, -0.05) is 34.9 Å². The summed E-state index contributed by atoms with van der Waals surface area (Å²) >= 11 is 0. The van der Waals surface area contributed by atoms with Crippen molar-refractivity contribution in [1.82, 2.24) is 0 Å². The fraction of sp³-hybridized carbons (Fsp3) is 0.190. The van der Waals surface area contributed by atoms with E-state index in [-0.39, 0.29) is 67.4 Å². The third kappa shape index (κ3) is 12.4. The number of hydrogen-bond donors (Lipinski definition) is 9. The molecule has 6 aromatic carbocycles. The van der Waals surface area contributed by atoms with Gasteiger partial charge in [-0.05, 0) is 134 Å². The number of phenolic OH excluding ortho intramolecular Hbond substituents is 6. The molecule has 0 radical (unpaired) electrons. The van der Waals surface area contributed by atoms with Crippen LogP contribution in [0.5, 0.6) is 69.0 Å². The minimum Gasteiger partial charge on any atom is -0.507 e. The molecule has 0 unspecified atom stereocenters. The number of aromatic hydroxyl groups is 9. The summed E-state index contributed by atoms with van der Waals surface area (Å²) in [6.07, 6.45) is 6.52. The Kier molecular flexibility index (Phi) is 17.8. The van der Waals surface area contributed by atoms with E-state index in [0.717, 1.165) is 34.9 Å². The van der Waals surface area contributed by atoms with Crippen LogP contribution in [0.3, 0.4) is 0 Å². The van der Waals surface area contributed by atoms with E-state index in [1.807, 2.05) is 59.8 Å². The molecule has 9 N–H and O–H groups in total. The van der Waals surface area contributed by atoms with Crippen LogP contribution in [0.25, 0.3) is 66.9 Å². The molecule has 0 bridgehead atoms. The van der Waals surface area contributed by atoms with Gasteiger partial charge in [0, 0.05) is 51.6 Å². The van der Waals surface area contributed by atoms with Gasteiger partial charge in [-0.25, -0.2) is 0 Å². The highest BCUT2D eigenvalue weighted by molar-refractivity contribution is 5.93. The van der Waals surface area contributed by atoms with E-state index in [4.69, 9.17) is 27.5 Å². The van der Waals surface area contributed by atoms with E-state index in [2.05, 4.69) is 0 Å². The lowest BCUT2D eigenvalue weighted by Gasteiger charge is -2.12. The van der Waals surface area contributed by atoms with Gasteiger partial charge in [-0.2, -0.15) is 0 Å². The van der Waals surface area contributed by atoms with Gasteiger partial charge in [0.05, 0.1) is 21.3 Å². The smallest absolute Gasteiger partial charge is 0.238 e. The summed E-state index contributed by atoms with van der Waals surface area (Å²) in [5.74, 6) is -2.04.